The summed E-state index contributed by atoms with van der Waals surface area (Å²) in [4.78, 5) is 14.7. The summed E-state index contributed by atoms with van der Waals surface area (Å²) in [5.74, 6) is 0.0496. The second-order valence-electron chi connectivity index (χ2n) is 6.34. The number of halogens is 1. The van der Waals surface area contributed by atoms with Crippen LogP contribution >= 0.6 is 0 Å². The molecule has 2 N–H and O–H groups in total. The monoisotopic (exact) mass is 322 g/mol. The molecule has 1 saturated heterocycles. The number of rotatable bonds is 7. The Morgan fingerprint density at radius 1 is 1.35 bits per heavy atom. The molecule has 23 heavy (non-hydrogen) atoms. The van der Waals surface area contributed by atoms with Crippen molar-refractivity contribution in [2.75, 3.05) is 26.2 Å². The molecule has 1 heterocycles. The molecule has 1 aromatic rings. The lowest BCUT2D eigenvalue weighted by Crippen LogP contribution is -2.37. The Morgan fingerprint density at radius 3 is 2.57 bits per heavy atom. The highest BCUT2D eigenvalue weighted by atomic mass is 19.1. The third kappa shape index (κ3) is 5.59. The predicted molar refractivity (Wildman–Crippen MR) is 88.4 cm³/mol. The first-order chi connectivity index (χ1) is 11.1. The molecule has 1 amide bonds. The fourth-order valence-corrected chi connectivity index (χ4v) is 3.18. The van der Waals surface area contributed by atoms with Gasteiger partial charge in [0.05, 0.1) is 12.6 Å². The van der Waals surface area contributed by atoms with Gasteiger partial charge in [-0.15, -0.1) is 0 Å². The molecule has 128 valence electrons. The number of hydrogen-bond donors (Lipinski definition) is 2. The Hall–Kier alpha value is -1.46. The lowest BCUT2D eigenvalue weighted by molar-refractivity contribution is -0.123. The zero-order valence-corrected chi connectivity index (χ0v) is 13.8. The highest BCUT2D eigenvalue weighted by Crippen LogP contribution is 2.21. The normalized spacial score (nSPS) is 17.9. The maximum atomic E-state index is 13.0. The molecule has 1 aromatic carbocycles. The van der Waals surface area contributed by atoms with Crippen molar-refractivity contribution >= 4 is 5.91 Å². The van der Waals surface area contributed by atoms with E-state index in [-0.39, 0.29) is 18.3 Å². The largest absolute Gasteiger partial charge is 0.394 e. The Kier molecular flexibility index (Phi) is 6.99. The standard InChI is InChI=1S/C18H27FN2O2/c1-2-9-21-10-7-14(8-11-21)12-18(23)20-17(13-22)15-3-5-16(19)6-4-15/h3-6,14,17,22H,2,7-13H2,1H3,(H,20,23). The van der Waals surface area contributed by atoms with Crippen LogP contribution in [0.25, 0.3) is 0 Å². The number of amides is 1. The molecule has 1 unspecified atom stereocenters. The van der Waals surface area contributed by atoms with Crippen LogP contribution in [0.3, 0.4) is 0 Å². The number of piperidine rings is 1. The Bertz CT molecular complexity index is 484. The Balaban J connectivity index is 1.80. The van der Waals surface area contributed by atoms with Gasteiger partial charge in [-0.2, -0.15) is 0 Å². The van der Waals surface area contributed by atoms with E-state index in [1.54, 1.807) is 12.1 Å². The number of likely N-dealkylation sites (tertiary alicyclic amines) is 1. The second-order valence-corrected chi connectivity index (χ2v) is 6.34. The van der Waals surface area contributed by atoms with Crippen molar-refractivity contribution in [2.45, 2.75) is 38.6 Å². The summed E-state index contributed by atoms with van der Waals surface area (Å²) in [6.45, 7) is 5.26. The van der Waals surface area contributed by atoms with Crippen molar-refractivity contribution in [1.82, 2.24) is 10.2 Å². The molecule has 1 aliphatic heterocycles. The van der Waals surface area contributed by atoms with Gasteiger partial charge in [0, 0.05) is 6.42 Å². The zero-order valence-electron chi connectivity index (χ0n) is 13.8. The van der Waals surface area contributed by atoms with Crippen molar-refractivity contribution in [3.8, 4) is 0 Å². The molecule has 5 heteroatoms. The summed E-state index contributed by atoms with van der Waals surface area (Å²) in [5.41, 5.74) is 0.722. The summed E-state index contributed by atoms with van der Waals surface area (Å²) in [7, 11) is 0. The molecule has 1 aliphatic rings. The maximum Gasteiger partial charge on any atom is 0.220 e. The highest BCUT2D eigenvalue weighted by molar-refractivity contribution is 5.76. The first-order valence-electron chi connectivity index (χ1n) is 8.50. The van der Waals surface area contributed by atoms with E-state index in [1.807, 2.05) is 0 Å². The van der Waals surface area contributed by atoms with Gasteiger partial charge in [0.2, 0.25) is 5.91 Å². The van der Waals surface area contributed by atoms with Crippen molar-refractivity contribution in [1.29, 1.82) is 0 Å². The van der Waals surface area contributed by atoms with Gasteiger partial charge < -0.3 is 15.3 Å². The third-order valence-electron chi connectivity index (χ3n) is 4.51. The average molecular weight is 322 g/mol. The fourth-order valence-electron chi connectivity index (χ4n) is 3.18. The van der Waals surface area contributed by atoms with E-state index < -0.39 is 6.04 Å². The van der Waals surface area contributed by atoms with Crippen LogP contribution < -0.4 is 5.32 Å². The molecule has 0 bridgehead atoms. The molecule has 0 saturated carbocycles. The van der Waals surface area contributed by atoms with Gasteiger partial charge in [0.1, 0.15) is 5.82 Å². The summed E-state index contributed by atoms with van der Waals surface area (Å²) in [5, 5.41) is 12.3. The number of hydrogen-bond acceptors (Lipinski definition) is 3. The van der Waals surface area contributed by atoms with Crippen LogP contribution in [0, 0.1) is 11.7 Å². The SMILES string of the molecule is CCCN1CCC(CC(=O)NC(CO)c2ccc(F)cc2)CC1. The molecule has 0 spiro atoms. The summed E-state index contributed by atoms with van der Waals surface area (Å²) < 4.78 is 13.0. The predicted octanol–water partition coefficient (Wildman–Crippen LogP) is 2.49. The van der Waals surface area contributed by atoms with Crippen LogP contribution in [0.2, 0.25) is 0 Å². The van der Waals surface area contributed by atoms with Gasteiger partial charge in [-0.05, 0) is 62.5 Å². The van der Waals surface area contributed by atoms with Crippen molar-refractivity contribution < 1.29 is 14.3 Å². The molecule has 2 rings (SSSR count). The van der Waals surface area contributed by atoms with E-state index >= 15 is 0 Å². The van der Waals surface area contributed by atoms with Crippen molar-refractivity contribution in [2.24, 2.45) is 5.92 Å². The molecule has 0 aliphatic carbocycles. The molecular formula is C18H27FN2O2. The van der Waals surface area contributed by atoms with Crippen molar-refractivity contribution in [3.05, 3.63) is 35.6 Å². The van der Waals surface area contributed by atoms with Gasteiger partial charge >= 0.3 is 0 Å². The van der Waals surface area contributed by atoms with Crippen LogP contribution in [0.1, 0.15) is 44.2 Å². The minimum Gasteiger partial charge on any atom is -0.394 e. The highest BCUT2D eigenvalue weighted by Gasteiger charge is 2.22. The number of benzene rings is 1. The minimum atomic E-state index is -0.469. The quantitative estimate of drug-likeness (QED) is 0.811. The number of nitrogens with one attached hydrogen (secondary N) is 1. The van der Waals surface area contributed by atoms with E-state index in [1.165, 1.54) is 18.6 Å². The number of aliphatic hydroxyl groups is 1. The van der Waals surface area contributed by atoms with E-state index in [2.05, 4.69) is 17.1 Å². The van der Waals surface area contributed by atoms with Gasteiger partial charge in [0.25, 0.3) is 0 Å². The lowest BCUT2D eigenvalue weighted by atomic mass is 9.93. The maximum absolute atomic E-state index is 13.0. The van der Waals surface area contributed by atoms with E-state index in [0.717, 1.165) is 38.0 Å². The number of aliphatic hydroxyl groups excluding tert-OH is 1. The molecule has 0 aromatic heterocycles. The molecule has 0 radical (unpaired) electrons. The van der Waals surface area contributed by atoms with Crippen LogP contribution in [-0.4, -0.2) is 42.2 Å². The van der Waals surface area contributed by atoms with Crippen LogP contribution in [0.4, 0.5) is 4.39 Å². The first kappa shape index (κ1) is 17.9. The summed E-state index contributed by atoms with van der Waals surface area (Å²) >= 11 is 0. The van der Waals surface area contributed by atoms with Gasteiger partial charge in [-0.25, -0.2) is 4.39 Å². The van der Waals surface area contributed by atoms with Gasteiger partial charge in [-0.3, -0.25) is 4.79 Å². The summed E-state index contributed by atoms with van der Waals surface area (Å²) in [6.07, 6.45) is 3.76. The van der Waals surface area contributed by atoms with Crippen molar-refractivity contribution in [3.63, 3.8) is 0 Å². The first-order valence-corrected chi connectivity index (χ1v) is 8.50. The minimum absolute atomic E-state index is 0.0395. The van der Waals surface area contributed by atoms with Gasteiger partial charge in [0.15, 0.2) is 0 Å². The molecule has 1 fully saturated rings. The smallest absolute Gasteiger partial charge is 0.220 e. The zero-order chi connectivity index (χ0) is 16.7. The van der Waals surface area contributed by atoms with E-state index in [4.69, 9.17) is 0 Å². The lowest BCUT2D eigenvalue weighted by Gasteiger charge is -2.31. The topological polar surface area (TPSA) is 52.6 Å². The fraction of sp³-hybridized carbons (Fsp3) is 0.611. The molecular weight excluding hydrogens is 295 g/mol. The Morgan fingerprint density at radius 2 is 2.00 bits per heavy atom. The van der Waals surface area contributed by atoms with Gasteiger partial charge in [-0.1, -0.05) is 19.1 Å². The number of carbonyl (C=O) groups is 1. The second kappa shape index (κ2) is 8.99. The summed E-state index contributed by atoms with van der Waals surface area (Å²) in [6, 6.07) is 5.41. The van der Waals surface area contributed by atoms with Crippen LogP contribution in [-0.2, 0) is 4.79 Å². The van der Waals surface area contributed by atoms with Crippen LogP contribution in [0.5, 0.6) is 0 Å². The third-order valence-corrected chi connectivity index (χ3v) is 4.51. The number of nitrogens with zero attached hydrogens (tertiary/aromatic N) is 1. The Labute approximate surface area is 137 Å². The number of carbonyl (C=O) groups excluding carboxylic acids is 1. The molecule has 1 atom stereocenters. The van der Waals surface area contributed by atoms with E-state index in [0.29, 0.717) is 12.3 Å². The average Bonchev–Trinajstić information content (AvgIpc) is 2.56. The van der Waals surface area contributed by atoms with Crippen LogP contribution in [0.15, 0.2) is 24.3 Å². The van der Waals surface area contributed by atoms with E-state index in [9.17, 15) is 14.3 Å². The molecule has 4 nitrogen and oxygen atoms in total.